The predicted octanol–water partition coefficient (Wildman–Crippen LogP) is 4.85. The van der Waals surface area contributed by atoms with E-state index in [0.717, 1.165) is 11.1 Å². The molecule has 0 aromatic heterocycles. The first-order chi connectivity index (χ1) is 13.4. The van der Waals surface area contributed by atoms with E-state index in [1.165, 1.54) is 0 Å². The summed E-state index contributed by atoms with van der Waals surface area (Å²) in [5.41, 5.74) is 3.60. The van der Waals surface area contributed by atoms with Gasteiger partial charge in [0, 0.05) is 11.4 Å². The third-order valence-corrected chi connectivity index (χ3v) is 3.82. The van der Waals surface area contributed by atoms with Crippen molar-refractivity contribution in [1.82, 2.24) is 0 Å². The minimum atomic E-state index is -0.736. The molecule has 8 nitrogen and oxygen atoms in total. The summed E-state index contributed by atoms with van der Waals surface area (Å²) in [5, 5.41) is 12.5. The van der Waals surface area contributed by atoms with Crippen LogP contribution in [0.2, 0.25) is 0 Å². The van der Waals surface area contributed by atoms with E-state index in [-0.39, 0.29) is 11.4 Å². The van der Waals surface area contributed by atoms with Crippen molar-refractivity contribution in [2.45, 2.75) is 27.7 Å². The molecule has 0 aliphatic heterocycles. The van der Waals surface area contributed by atoms with E-state index in [1.807, 2.05) is 38.1 Å². The normalized spacial score (nSPS) is 11.6. The van der Waals surface area contributed by atoms with Crippen LogP contribution in [-0.4, -0.2) is 23.6 Å². The molecule has 2 aromatic carbocycles. The van der Waals surface area contributed by atoms with Crippen molar-refractivity contribution in [3.05, 3.63) is 59.7 Å². The minimum absolute atomic E-state index is 0.281. The van der Waals surface area contributed by atoms with Crippen molar-refractivity contribution in [3.63, 3.8) is 0 Å². The van der Waals surface area contributed by atoms with Crippen LogP contribution < -0.4 is 10.6 Å². The van der Waals surface area contributed by atoms with Gasteiger partial charge in [-0.2, -0.15) is 0 Å². The van der Waals surface area contributed by atoms with E-state index in [4.69, 9.17) is 9.68 Å². The van der Waals surface area contributed by atoms with Gasteiger partial charge in [0.25, 0.3) is 0 Å². The van der Waals surface area contributed by atoms with E-state index in [2.05, 4.69) is 20.9 Å². The minimum Gasteiger partial charge on any atom is -0.297 e. The second-order valence-corrected chi connectivity index (χ2v) is 5.99. The van der Waals surface area contributed by atoms with Crippen LogP contribution in [0.15, 0.2) is 58.8 Å². The second kappa shape index (κ2) is 9.86. The molecule has 2 N–H and O–H groups in total. The fourth-order valence-corrected chi connectivity index (χ4v) is 2.04. The number of carbonyl (C=O) groups is 2. The number of aryl methyl sites for hydroxylation is 2. The summed E-state index contributed by atoms with van der Waals surface area (Å²) in [6, 6.07) is 14.6. The van der Waals surface area contributed by atoms with Gasteiger partial charge in [0.15, 0.2) is 0 Å². The molecule has 2 aromatic rings. The Kier molecular flexibility index (Phi) is 7.27. The molecule has 2 rings (SSSR count). The summed E-state index contributed by atoms with van der Waals surface area (Å²) in [4.78, 5) is 33.2. The summed E-state index contributed by atoms with van der Waals surface area (Å²) in [6.45, 7) is 6.87. The van der Waals surface area contributed by atoms with Crippen LogP contribution in [0.4, 0.5) is 21.0 Å². The highest BCUT2D eigenvalue weighted by atomic mass is 16.7. The highest BCUT2D eigenvalue weighted by Crippen LogP contribution is 2.14. The summed E-state index contributed by atoms with van der Waals surface area (Å²) in [6.07, 6.45) is -1.47. The van der Waals surface area contributed by atoms with Gasteiger partial charge in [-0.15, -0.1) is 0 Å². The maximum absolute atomic E-state index is 11.8. The number of rotatable bonds is 5. The van der Waals surface area contributed by atoms with Gasteiger partial charge in [0.05, 0.1) is 0 Å². The van der Waals surface area contributed by atoms with Crippen molar-refractivity contribution in [1.29, 1.82) is 0 Å². The average molecular weight is 382 g/mol. The van der Waals surface area contributed by atoms with Gasteiger partial charge in [-0.1, -0.05) is 46.7 Å². The van der Waals surface area contributed by atoms with Crippen LogP contribution in [0, 0.1) is 13.8 Å². The van der Waals surface area contributed by atoms with Crippen molar-refractivity contribution < 1.29 is 19.3 Å². The molecule has 28 heavy (non-hydrogen) atoms. The van der Waals surface area contributed by atoms with Crippen molar-refractivity contribution in [3.8, 4) is 0 Å². The molecule has 0 fully saturated rings. The predicted molar refractivity (Wildman–Crippen MR) is 109 cm³/mol. The molecule has 0 unspecified atom stereocenters. The van der Waals surface area contributed by atoms with Crippen molar-refractivity contribution >= 4 is 35.0 Å². The topological polar surface area (TPSA) is 101 Å². The SMILES string of the molecule is CC(=N/OC(=O)Nc1ccccc1C)/C(C)=N\OC(=O)Nc1ccccc1C. The quantitative estimate of drug-likeness (QED) is 0.438. The monoisotopic (exact) mass is 382 g/mol. The molecule has 0 bridgehead atoms. The molecule has 0 atom stereocenters. The molecule has 2 amide bonds. The van der Waals surface area contributed by atoms with E-state index in [0.29, 0.717) is 11.4 Å². The Balaban J connectivity index is 1.87. The third-order valence-electron chi connectivity index (χ3n) is 3.82. The lowest BCUT2D eigenvalue weighted by molar-refractivity contribution is 0.164. The molecule has 8 heteroatoms. The molecule has 0 saturated carbocycles. The second-order valence-electron chi connectivity index (χ2n) is 5.99. The van der Waals surface area contributed by atoms with E-state index >= 15 is 0 Å². The Labute approximate surface area is 163 Å². The fourth-order valence-electron chi connectivity index (χ4n) is 2.04. The molecule has 0 aliphatic rings. The Morgan fingerprint density at radius 3 is 1.43 bits per heavy atom. The first kappa shape index (κ1) is 20.6. The van der Waals surface area contributed by atoms with Gasteiger partial charge in [0.1, 0.15) is 11.4 Å². The number of carbonyl (C=O) groups excluding carboxylic acids is 2. The molecule has 146 valence electrons. The summed E-state index contributed by atoms with van der Waals surface area (Å²) >= 11 is 0. The number of nitrogens with zero attached hydrogens (tertiary/aromatic N) is 2. The molecule has 0 saturated heterocycles. The van der Waals surface area contributed by atoms with E-state index in [1.54, 1.807) is 38.1 Å². The van der Waals surface area contributed by atoms with Crippen LogP contribution in [-0.2, 0) is 9.68 Å². The van der Waals surface area contributed by atoms with Gasteiger partial charge in [-0.25, -0.2) is 9.59 Å². The summed E-state index contributed by atoms with van der Waals surface area (Å²) in [5.74, 6) is 0. The molecular weight excluding hydrogens is 360 g/mol. The molecule has 0 heterocycles. The van der Waals surface area contributed by atoms with Gasteiger partial charge in [-0.3, -0.25) is 20.3 Å². The molecule has 0 radical (unpaired) electrons. The largest absolute Gasteiger partial charge is 0.437 e. The smallest absolute Gasteiger partial charge is 0.297 e. The Morgan fingerprint density at radius 1 is 0.714 bits per heavy atom. The number of hydrogen-bond donors (Lipinski definition) is 2. The summed E-state index contributed by atoms with van der Waals surface area (Å²) in [7, 11) is 0. The highest BCUT2D eigenvalue weighted by Gasteiger charge is 2.08. The van der Waals surface area contributed by atoms with Crippen LogP contribution in [0.25, 0.3) is 0 Å². The zero-order valence-electron chi connectivity index (χ0n) is 16.1. The van der Waals surface area contributed by atoms with Gasteiger partial charge >= 0.3 is 12.2 Å². The number of anilines is 2. The standard InChI is InChI=1S/C20H22N4O4/c1-13-9-5-7-11-17(13)21-19(25)27-23-15(3)16(4)24-28-20(26)22-18-12-8-6-10-14(18)2/h5-12H,1-4H3,(H,21,25)(H,22,26)/b23-15-,24-16-. The molecule has 0 spiro atoms. The third kappa shape index (κ3) is 6.24. The van der Waals surface area contributed by atoms with E-state index in [9.17, 15) is 9.59 Å². The Bertz CT molecular complexity index is 846. The number of hydrogen-bond acceptors (Lipinski definition) is 6. The number of amides is 2. The molecular formula is C20H22N4O4. The zero-order valence-corrected chi connectivity index (χ0v) is 16.1. The van der Waals surface area contributed by atoms with Crippen molar-refractivity contribution in [2.75, 3.05) is 10.6 Å². The maximum Gasteiger partial charge on any atom is 0.437 e. The lowest BCUT2D eigenvalue weighted by atomic mass is 10.2. The number of oxime groups is 2. The zero-order chi connectivity index (χ0) is 20.5. The fraction of sp³-hybridized carbons (Fsp3) is 0.200. The maximum atomic E-state index is 11.8. The Morgan fingerprint density at radius 2 is 1.07 bits per heavy atom. The van der Waals surface area contributed by atoms with Gasteiger partial charge in [-0.05, 0) is 51.0 Å². The van der Waals surface area contributed by atoms with Crippen molar-refractivity contribution in [2.24, 2.45) is 10.3 Å². The van der Waals surface area contributed by atoms with Gasteiger partial charge < -0.3 is 0 Å². The van der Waals surface area contributed by atoms with Crippen LogP contribution in [0.1, 0.15) is 25.0 Å². The first-order valence-corrected chi connectivity index (χ1v) is 8.53. The number of para-hydroxylation sites is 2. The lowest BCUT2D eigenvalue weighted by Gasteiger charge is -2.07. The van der Waals surface area contributed by atoms with Crippen LogP contribution >= 0.6 is 0 Å². The number of benzene rings is 2. The summed E-state index contributed by atoms with van der Waals surface area (Å²) < 4.78 is 0. The first-order valence-electron chi connectivity index (χ1n) is 8.53. The lowest BCUT2D eigenvalue weighted by Crippen LogP contribution is -2.16. The molecule has 0 aliphatic carbocycles. The highest BCUT2D eigenvalue weighted by molar-refractivity contribution is 6.40. The van der Waals surface area contributed by atoms with E-state index < -0.39 is 12.2 Å². The van der Waals surface area contributed by atoms with Crippen LogP contribution in [0.5, 0.6) is 0 Å². The Hall–Kier alpha value is -3.68. The number of nitrogens with one attached hydrogen (secondary N) is 2. The van der Waals surface area contributed by atoms with Gasteiger partial charge in [0.2, 0.25) is 0 Å². The average Bonchev–Trinajstić information content (AvgIpc) is 2.68. The van der Waals surface area contributed by atoms with Crippen LogP contribution in [0.3, 0.4) is 0 Å².